The SMILES string of the molecule is CC[C@@](C)(C(=O)O)N1CCCC1. The van der Waals surface area contributed by atoms with E-state index >= 15 is 0 Å². The molecule has 0 aliphatic carbocycles. The van der Waals surface area contributed by atoms with E-state index in [0.29, 0.717) is 6.42 Å². The molecular weight excluding hydrogens is 154 g/mol. The van der Waals surface area contributed by atoms with E-state index in [-0.39, 0.29) is 0 Å². The van der Waals surface area contributed by atoms with Crippen molar-refractivity contribution in [1.29, 1.82) is 0 Å². The van der Waals surface area contributed by atoms with E-state index in [0.717, 1.165) is 25.9 Å². The van der Waals surface area contributed by atoms with Crippen LogP contribution in [-0.4, -0.2) is 34.6 Å². The van der Waals surface area contributed by atoms with Gasteiger partial charge in [-0.05, 0) is 39.3 Å². The first kappa shape index (κ1) is 9.52. The second-order valence-electron chi connectivity index (χ2n) is 3.63. The van der Waals surface area contributed by atoms with Crippen molar-refractivity contribution in [1.82, 2.24) is 4.90 Å². The first-order valence-electron chi connectivity index (χ1n) is 4.59. The molecule has 0 aromatic rings. The maximum Gasteiger partial charge on any atom is 0.323 e. The molecule has 1 aliphatic rings. The zero-order valence-electron chi connectivity index (χ0n) is 7.84. The Labute approximate surface area is 73.4 Å². The van der Waals surface area contributed by atoms with Crippen molar-refractivity contribution in [3.05, 3.63) is 0 Å². The minimum atomic E-state index is -0.688. The lowest BCUT2D eigenvalue weighted by Crippen LogP contribution is -2.50. The van der Waals surface area contributed by atoms with Gasteiger partial charge in [-0.1, -0.05) is 6.92 Å². The number of hydrogen-bond donors (Lipinski definition) is 1. The summed E-state index contributed by atoms with van der Waals surface area (Å²) in [5.41, 5.74) is -0.628. The molecule has 1 saturated heterocycles. The highest BCUT2D eigenvalue weighted by Gasteiger charge is 2.38. The Kier molecular flexibility index (Phi) is 2.73. The van der Waals surface area contributed by atoms with E-state index in [4.69, 9.17) is 5.11 Å². The van der Waals surface area contributed by atoms with Gasteiger partial charge in [-0.25, -0.2) is 0 Å². The highest BCUT2D eigenvalue weighted by atomic mass is 16.4. The van der Waals surface area contributed by atoms with E-state index in [2.05, 4.69) is 4.90 Å². The zero-order chi connectivity index (χ0) is 9.19. The summed E-state index contributed by atoms with van der Waals surface area (Å²) in [5, 5.41) is 9.05. The molecule has 0 spiro atoms. The third-order valence-corrected chi connectivity index (χ3v) is 2.95. The fourth-order valence-electron chi connectivity index (χ4n) is 1.72. The Morgan fingerprint density at radius 1 is 1.50 bits per heavy atom. The molecule has 0 bridgehead atoms. The Balaban J connectivity index is 2.70. The Morgan fingerprint density at radius 3 is 2.33 bits per heavy atom. The molecule has 70 valence electrons. The first-order valence-corrected chi connectivity index (χ1v) is 4.59. The number of nitrogens with zero attached hydrogens (tertiary/aromatic N) is 1. The van der Waals surface area contributed by atoms with Crippen molar-refractivity contribution in [2.24, 2.45) is 0 Å². The Hall–Kier alpha value is -0.570. The molecule has 0 unspecified atom stereocenters. The molecule has 1 aliphatic heterocycles. The van der Waals surface area contributed by atoms with Crippen LogP contribution >= 0.6 is 0 Å². The Bertz CT molecular complexity index is 175. The van der Waals surface area contributed by atoms with Crippen LogP contribution in [0.15, 0.2) is 0 Å². The van der Waals surface area contributed by atoms with Crippen LogP contribution in [0.3, 0.4) is 0 Å². The number of carboxylic acid groups (broad SMARTS) is 1. The summed E-state index contributed by atoms with van der Waals surface area (Å²) in [4.78, 5) is 13.1. The van der Waals surface area contributed by atoms with Crippen molar-refractivity contribution >= 4 is 5.97 Å². The Morgan fingerprint density at radius 2 is 2.00 bits per heavy atom. The van der Waals surface area contributed by atoms with Crippen molar-refractivity contribution in [3.8, 4) is 0 Å². The van der Waals surface area contributed by atoms with Crippen LogP contribution in [0.4, 0.5) is 0 Å². The van der Waals surface area contributed by atoms with Gasteiger partial charge in [0.1, 0.15) is 5.54 Å². The molecule has 1 rings (SSSR count). The molecule has 1 atom stereocenters. The minimum Gasteiger partial charge on any atom is -0.480 e. The molecule has 0 aromatic heterocycles. The molecule has 1 fully saturated rings. The summed E-state index contributed by atoms with van der Waals surface area (Å²) >= 11 is 0. The topological polar surface area (TPSA) is 40.5 Å². The summed E-state index contributed by atoms with van der Waals surface area (Å²) in [6.45, 7) is 5.64. The smallest absolute Gasteiger partial charge is 0.323 e. The van der Waals surface area contributed by atoms with E-state index in [1.807, 2.05) is 13.8 Å². The van der Waals surface area contributed by atoms with Gasteiger partial charge in [-0.3, -0.25) is 9.69 Å². The fraction of sp³-hybridized carbons (Fsp3) is 0.889. The van der Waals surface area contributed by atoms with E-state index < -0.39 is 11.5 Å². The lowest BCUT2D eigenvalue weighted by atomic mass is 9.97. The minimum absolute atomic E-state index is 0.628. The van der Waals surface area contributed by atoms with Crippen LogP contribution in [0.25, 0.3) is 0 Å². The summed E-state index contributed by atoms with van der Waals surface area (Å²) in [7, 11) is 0. The van der Waals surface area contributed by atoms with Crippen molar-refractivity contribution < 1.29 is 9.90 Å². The molecule has 12 heavy (non-hydrogen) atoms. The highest BCUT2D eigenvalue weighted by molar-refractivity contribution is 5.78. The molecular formula is C9H17NO2. The molecule has 1 N–H and O–H groups in total. The number of likely N-dealkylation sites (tertiary alicyclic amines) is 1. The summed E-state index contributed by atoms with van der Waals surface area (Å²) in [6.07, 6.45) is 2.97. The third-order valence-electron chi connectivity index (χ3n) is 2.95. The van der Waals surface area contributed by atoms with Gasteiger partial charge in [0.25, 0.3) is 0 Å². The molecule has 3 heteroatoms. The lowest BCUT2D eigenvalue weighted by Gasteiger charge is -2.33. The second kappa shape index (κ2) is 3.44. The predicted octanol–water partition coefficient (Wildman–Crippen LogP) is 1.34. The van der Waals surface area contributed by atoms with Crippen LogP contribution in [0.5, 0.6) is 0 Å². The predicted molar refractivity (Wildman–Crippen MR) is 47.1 cm³/mol. The van der Waals surface area contributed by atoms with Crippen LogP contribution < -0.4 is 0 Å². The van der Waals surface area contributed by atoms with Crippen molar-refractivity contribution in [2.45, 2.75) is 38.6 Å². The average molecular weight is 171 g/mol. The van der Waals surface area contributed by atoms with E-state index in [1.54, 1.807) is 0 Å². The van der Waals surface area contributed by atoms with Crippen LogP contribution in [0.2, 0.25) is 0 Å². The van der Waals surface area contributed by atoms with Crippen LogP contribution in [-0.2, 0) is 4.79 Å². The second-order valence-corrected chi connectivity index (χ2v) is 3.63. The number of aliphatic carboxylic acids is 1. The monoisotopic (exact) mass is 171 g/mol. The number of carbonyl (C=O) groups is 1. The van der Waals surface area contributed by atoms with Gasteiger partial charge in [0.2, 0.25) is 0 Å². The number of carboxylic acids is 1. The van der Waals surface area contributed by atoms with E-state index in [9.17, 15) is 4.79 Å². The average Bonchev–Trinajstić information content (AvgIpc) is 2.54. The standard InChI is InChI=1S/C9H17NO2/c1-3-9(2,8(11)12)10-6-4-5-7-10/h3-7H2,1-2H3,(H,11,12)/t9-/m0/s1. The first-order chi connectivity index (χ1) is 5.61. The molecule has 1 heterocycles. The van der Waals surface area contributed by atoms with Crippen LogP contribution in [0.1, 0.15) is 33.1 Å². The maximum absolute atomic E-state index is 11.0. The normalized spacial score (nSPS) is 23.8. The quantitative estimate of drug-likeness (QED) is 0.696. The van der Waals surface area contributed by atoms with Crippen molar-refractivity contribution in [3.63, 3.8) is 0 Å². The van der Waals surface area contributed by atoms with Gasteiger partial charge in [0, 0.05) is 0 Å². The molecule has 0 amide bonds. The molecule has 0 aromatic carbocycles. The molecule has 0 saturated carbocycles. The van der Waals surface area contributed by atoms with E-state index in [1.165, 1.54) is 0 Å². The van der Waals surface area contributed by atoms with Gasteiger partial charge >= 0.3 is 5.97 Å². The summed E-state index contributed by atoms with van der Waals surface area (Å²) < 4.78 is 0. The largest absolute Gasteiger partial charge is 0.480 e. The molecule has 3 nitrogen and oxygen atoms in total. The van der Waals surface area contributed by atoms with Gasteiger partial charge in [0.05, 0.1) is 0 Å². The van der Waals surface area contributed by atoms with Gasteiger partial charge in [0.15, 0.2) is 0 Å². The van der Waals surface area contributed by atoms with Gasteiger partial charge < -0.3 is 5.11 Å². The maximum atomic E-state index is 11.0. The highest BCUT2D eigenvalue weighted by Crippen LogP contribution is 2.24. The number of rotatable bonds is 3. The summed E-state index contributed by atoms with van der Waals surface area (Å²) in [6, 6.07) is 0. The third kappa shape index (κ3) is 1.46. The number of hydrogen-bond acceptors (Lipinski definition) is 2. The van der Waals surface area contributed by atoms with Crippen molar-refractivity contribution in [2.75, 3.05) is 13.1 Å². The van der Waals surface area contributed by atoms with Crippen LogP contribution in [0, 0.1) is 0 Å². The fourth-order valence-corrected chi connectivity index (χ4v) is 1.72. The summed E-state index contributed by atoms with van der Waals surface area (Å²) in [5.74, 6) is -0.688. The zero-order valence-corrected chi connectivity index (χ0v) is 7.84. The van der Waals surface area contributed by atoms with Gasteiger partial charge in [-0.2, -0.15) is 0 Å². The lowest BCUT2D eigenvalue weighted by molar-refractivity contribution is -0.150. The molecule has 0 radical (unpaired) electrons. The van der Waals surface area contributed by atoms with Gasteiger partial charge in [-0.15, -0.1) is 0 Å².